The molecular formula is C14H17ClN4O2. The van der Waals surface area contributed by atoms with Gasteiger partial charge in [0, 0.05) is 37.3 Å². The van der Waals surface area contributed by atoms with Crippen LogP contribution in [0.5, 0.6) is 0 Å². The number of amides is 1. The maximum atomic E-state index is 12.4. The molecule has 0 aromatic carbocycles. The molecule has 0 unspecified atom stereocenters. The van der Waals surface area contributed by atoms with Crippen LogP contribution >= 0.6 is 11.6 Å². The minimum atomic E-state index is 0.0597. The zero-order valence-corrected chi connectivity index (χ0v) is 12.6. The second kappa shape index (κ2) is 5.89. The molecule has 112 valence electrons. The normalized spacial score (nSPS) is 18.4. The number of rotatable bonds is 4. The summed E-state index contributed by atoms with van der Waals surface area (Å²) in [5.74, 6) is 1.62. The minimum absolute atomic E-state index is 0.0597. The number of likely N-dealkylation sites (tertiary alicyclic amines) is 1. The highest BCUT2D eigenvalue weighted by Gasteiger charge is 2.31. The number of hydrogen-bond donors (Lipinski definition) is 1. The lowest BCUT2D eigenvalue weighted by Gasteiger charge is -2.23. The summed E-state index contributed by atoms with van der Waals surface area (Å²) >= 11 is 5.70. The number of nitrogens with one attached hydrogen (secondary N) is 1. The van der Waals surface area contributed by atoms with Gasteiger partial charge >= 0.3 is 0 Å². The Hall–Kier alpha value is -1.82. The number of carbonyl (C=O) groups excluding carboxylic acids is 1. The van der Waals surface area contributed by atoms with Crippen molar-refractivity contribution in [2.45, 2.75) is 38.6 Å². The van der Waals surface area contributed by atoms with Crippen LogP contribution in [0.25, 0.3) is 0 Å². The molecule has 0 spiro atoms. The monoisotopic (exact) mass is 308 g/mol. The number of hydrogen-bond acceptors (Lipinski definition) is 4. The first kappa shape index (κ1) is 14.1. The van der Waals surface area contributed by atoms with Gasteiger partial charge in [-0.15, -0.1) is 0 Å². The van der Waals surface area contributed by atoms with Crippen LogP contribution in [-0.2, 0) is 11.2 Å². The Balaban J connectivity index is 1.63. The number of nitrogens with zero attached hydrogens (tertiary/aromatic N) is 3. The molecule has 3 heterocycles. The average Bonchev–Trinajstić information content (AvgIpc) is 3.16. The zero-order chi connectivity index (χ0) is 14.8. The molecule has 1 atom stereocenters. The molecule has 0 saturated carbocycles. The summed E-state index contributed by atoms with van der Waals surface area (Å²) in [5, 5.41) is 3.93. The van der Waals surface area contributed by atoms with E-state index >= 15 is 0 Å². The molecule has 1 saturated heterocycles. The lowest BCUT2D eigenvalue weighted by molar-refractivity contribution is -0.132. The molecule has 2 aromatic heterocycles. The number of aromatic nitrogens is 3. The quantitative estimate of drug-likeness (QED) is 0.942. The van der Waals surface area contributed by atoms with E-state index in [0.717, 1.165) is 30.9 Å². The molecule has 1 amide bonds. The van der Waals surface area contributed by atoms with E-state index in [1.165, 1.54) is 0 Å². The minimum Gasteiger partial charge on any atom is -0.360 e. The van der Waals surface area contributed by atoms with Crippen molar-refractivity contribution in [1.29, 1.82) is 0 Å². The average molecular weight is 309 g/mol. The second-order valence-electron chi connectivity index (χ2n) is 5.31. The Morgan fingerprint density at radius 3 is 3.14 bits per heavy atom. The fourth-order valence-electron chi connectivity index (χ4n) is 2.73. The molecule has 0 bridgehead atoms. The van der Waals surface area contributed by atoms with Crippen LogP contribution in [0.3, 0.4) is 0 Å². The summed E-state index contributed by atoms with van der Waals surface area (Å²) in [6.45, 7) is 2.74. The first-order valence-corrected chi connectivity index (χ1v) is 7.43. The third-order valence-electron chi connectivity index (χ3n) is 3.73. The van der Waals surface area contributed by atoms with Crippen molar-refractivity contribution in [3.8, 4) is 0 Å². The van der Waals surface area contributed by atoms with Gasteiger partial charge in [0.25, 0.3) is 0 Å². The number of halogens is 1. The van der Waals surface area contributed by atoms with E-state index in [1.807, 2.05) is 11.8 Å². The molecule has 0 aliphatic carbocycles. The van der Waals surface area contributed by atoms with E-state index in [0.29, 0.717) is 23.8 Å². The third kappa shape index (κ3) is 3.10. The van der Waals surface area contributed by atoms with Crippen LogP contribution in [0.2, 0.25) is 5.15 Å². The lowest BCUT2D eigenvalue weighted by atomic mass is 10.2. The van der Waals surface area contributed by atoms with E-state index in [9.17, 15) is 4.79 Å². The number of H-pyrrole nitrogens is 1. The van der Waals surface area contributed by atoms with Gasteiger partial charge in [0.15, 0.2) is 5.15 Å². The van der Waals surface area contributed by atoms with Crippen molar-refractivity contribution in [3.05, 3.63) is 34.7 Å². The predicted octanol–water partition coefficient (Wildman–Crippen LogP) is 2.66. The number of carbonyl (C=O) groups is 1. The summed E-state index contributed by atoms with van der Waals surface area (Å²) in [6, 6.07) is 1.70. The van der Waals surface area contributed by atoms with Gasteiger partial charge in [-0.1, -0.05) is 16.8 Å². The van der Waals surface area contributed by atoms with Crippen LogP contribution in [0.1, 0.15) is 42.6 Å². The molecule has 1 aliphatic heterocycles. The highest BCUT2D eigenvalue weighted by atomic mass is 35.5. The van der Waals surface area contributed by atoms with Gasteiger partial charge < -0.3 is 14.4 Å². The molecule has 1 fully saturated rings. The summed E-state index contributed by atoms with van der Waals surface area (Å²) < 4.78 is 5.02. The second-order valence-corrected chi connectivity index (χ2v) is 5.70. The van der Waals surface area contributed by atoms with E-state index in [2.05, 4.69) is 15.1 Å². The molecule has 6 nitrogen and oxygen atoms in total. The Bertz CT molecular complexity index is 636. The molecule has 0 radical (unpaired) electrons. The van der Waals surface area contributed by atoms with Crippen molar-refractivity contribution < 1.29 is 9.32 Å². The number of aryl methyl sites for hydroxylation is 2. The Morgan fingerprint density at radius 1 is 1.62 bits per heavy atom. The van der Waals surface area contributed by atoms with Gasteiger partial charge in [-0.05, 0) is 19.8 Å². The van der Waals surface area contributed by atoms with Crippen molar-refractivity contribution in [2.24, 2.45) is 0 Å². The molecule has 1 aliphatic rings. The SMILES string of the molecule is Cc1cnc([C@@H]2CCCN2C(=O)CCc2cc(Cl)no2)[nH]1. The topological polar surface area (TPSA) is 75.0 Å². The fraction of sp³-hybridized carbons (Fsp3) is 0.500. The van der Waals surface area contributed by atoms with E-state index in [1.54, 1.807) is 12.3 Å². The third-order valence-corrected chi connectivity index (χ3v) is 3.90. The lowest BCUT2D eigenvalue weighted by Crippen LogP contribution is -2.31. The van der Waals surface area contributed by atoms with Crippen molar-refractivity contribution in [1.82, 2.24) is 20.0 Å². The molecule has 2 aromatic rings. The molecular weight excluding hydrogens is 292 g/mol. The summed E-state index contributed by atoms with van der Waals surface area (Å²) in [5.41, 5.74) is 1.01. The van der Waals surface area contributed by atoms with E-state index < -0.39 is 0 Å². The smallest absolute Gasteiger partial charge is 0.223 e. The number of aromatic amines is 1. The molecule has 1 N–H and O–H groups in total. The van der Waals surface area contributed by atoms with E-state index in [4.69, 9.17) is 16.1 Å². The first-order valence-electron chi connectivity index (χ1n) is 7.05. The summed E-state index contributed by atoms with van der Waals surface area (Å²) in [6.07, 6.45) is 4.66. The van der Waals surface area contributed by atoms with Gasteiger partial charge in [-0.2, -0.15) is 0 Å². The predicted molar refractivity (Wildman–Crippen MR) is 76.8 cm³/mol. The number of imidazole rings is 1. The maximum absolute atomic E-state index is 12.4. The largest absolute Gasteiger partial charge is 0.360 e. The molecule has 21 heavy (non-hydrogen) atoms. The maximum Gasteiger partial charge on any atom is 0.223 e. The summed E-state index contributed by atoms with van der Waals surface area (Å²) in [7, 11) is 0. The first-order chi connectivity index (χ1) is 10.1. The van der Waals surface area contributed by atoms with E-state index in [-0.39, 0.29) is 11.9 Å². The summed E-state index contributed by atoms with van der Waals surface area (Å²) in [4.78, 5) is 21.9. The van der Waals surface area contributed by atoms with Crippen molar-refractivity contribution >= 4 is 17.5 Å². The highest BCUT2D eigenvalue weighted by molar-refractivity contribution is 6.29. The van der Waals surface area contributed by atoms with Crippen LogP contribution in [0.4, 0.5) is 0 Å². The fourth-order valence-corrected chi connectivity index (χ4v) is 2.89. The van der Waals surface area contributed by atoms with Crippen molar-refractivity contribution in [2.75, 3.05) is 6.54 Å². The van der Waals surface area contributed by atoms with Gasteiger partial charge in [0.1, 0.15) is 11.6 Å². The van der Waals surface area contributed by atoms with Crippen LogP contribution in [-0.4, -0.2) is 32.5 Å². The Morgan fingerprint density at radius 2 is 2.48 bits per heavy atom. The molecule has 3 rings (SSSR count). The van der Waals surface area contributed by atoms with Gasteiger partial charge in [-0.3, -0.25) is 4.79 Å². The molecule has 7 heteroatoms. The Kier molecular flexibility index (Phi) is 3.96. The standard InChI is InChI=1S/C14H17ClN4O2/c1-9-8-16-14(17-9)11-3-2-6-19(11)13(20)5-4-10-7-12(15)18-21-10/h7-8,11H,2-6H2,1H3,(H,16,17)/t11-/m0/s1. The van der Waals surface area contributed by atoms with Crippen molar-refractivity contribution in [3.63, 3.8) is 0 Å². The van der Waals surface area contributed by atoms with Gasteiger partial charge in [-0.25, -0.2) is 4.98 Å². The van der Waals surface area contributed by atoms with Gasteiger partial charge in [0.2, 0.25) is 5.91 Å². The van der Waals surface area contributed by atoms with Gasteiger partial charge in [0.05, 0.1) is 6.04 Å². The van der Waals surface area contributed by atoms with Crippen LogP contribution in [0.15, 0.2) is 16.8 Å². The zero-order valence-electron chi connectivity index (χ0n) is 11.8. The highest BCUT2D eigenvalue weighted by Crippen LogP contribution is 2.30. The Labute approximate surface area is 127 Å². The van der Waals surface area contributed by atoms with Crippen LogP contribution < -0.4 is 0 Å². The van der Waals surface area contributed by atoms with Crippen LogP contribution in [0, 0.1) is 6.92 Å².